The third-order valence-electron chi connectivity index (χ3n) is 7.24. The number of aromatic nitrogens is 1. The Kier molecular flexibility index (Phi) is 6.13. The van der Waals surface area contributed by atoms with Gasteiger partial charge in [-0.3, -0.25) is 14.6 Å². The summed E-state index contributed by atoms with van der Waals surface area (Å²) in [5, 5.41) is 9.30. The van der Waals surface area contributed by atoms with Gasteiger partial charge in [0.2, 0.25) is 0 Å². The van der Waals surface area contributed by atoms with Gasteiger partial charge in [0.25, 0.3) is 11.5 Å². The lowest BCUT2D eigenvalue weighted by atomic mass is 9.77. The second-order valence-corrected chi connectivity index (χ2v) is 9.60. The highest BCUT2D eigenvalue weighted by atomic mass is 19.1. The Morgan fingerprint density at radius 1 is 1.20 bits per heavy atom. The van der Waals surface area contributed by atoms with Crippen LogP contribution in [0.3, 0.4) is 0 Å². The minimum absolute atomic E-state index is 0.0356. The lowest BCUT2D eigenvalue weighted by molar-refractivity contribution is 0.0900. The predicted molar refractivity (Wildman–Crippen MR) is 131 cm³/mol. The normalized spacial score (nSPS) is 18.6. The number of amides is 1. The molecule has 2 aromatic carbocycles. The quantitative estimate of drug-likeness (QED) is 0.571. The van der Waals surface area contributed by atoms with E-state index in [1.807, 2.05) is 13.1 Å². The van der Waals surface area contributed by atoms with E-state index in [4.69, 9.17) is 0 Å². The highest BCUT2D eigenvalue weighted by Crippen LogP contribution is 2.38. The van der Waals surface area contributed by atoms with Crippen molar-refractivity contribution in [1.29, 1.82) is 0 Å². The molecule has 1 unspecified atom stereocenters. The monoisotopic (exact) mass is 478 g/mol. The SMILES string of the molecule is Cc1c(C(=O)N[C@H](c2cccc(F)c2)C2CCC2)c2cccc(F)c2c(=O)n1CC1C=NN(C)C1. The van der Waals surface area contributed by atoms with E-state index in [-0.39, 0.29) is 40.0 Å². The Labute approximate surface area is 202 Å². The molecule has 6 nitrogen and oxygen atoms in total. The van der Waals surface area contributed by atoms with E-state index in [1.54, 1.807) is 30.3 Å². The maximum absolute atomic E-state index is 14.9. The molecule has 0 spiro atoms. The third kappa shape index (κ3) is 4.33. The summed E-state index contributed by atoms with van der Waals surface area (Å²) in [7, 11) is 1.85. The van der Waals surface area contributed by atoms with E-state index in [0.29, 0.717) is 24.3 Å². The number of hydrogen-bond donors (Lipinski definition) is 1. The van der Waals surface area contributed by atoms with Crippen molar-refractivity contribution in [3.8, 4) is 0 Å². The Morgan fingerprint density at radius 3 is 2.63 bits per heavy atom. The maximum atomic E-state index is 14.9. The number of nitrogens with one attached hydrogen (secondary N) is 1. The van der Waals surface area contributed by atoms with E-state index < -0.39 is 17.3 Å². The molecule has 2 aliphatic rings. The highest BCUT2D eigenvalue weighted by Gasteiger charge is 2.32. The number of fused-ring (bicyclic) bond motifs is 1. The van der Waals surface area contributed by atoms with Gasteiger partial charge >= 0.3 is 0 Å². The van der Waals surface area contributed by atoms with Gasteiger partial charge in [-0.15, -0.1) is 0 Å². The summed E-state index contributed by atoms with van der Waals surface area (Å²) in [5.74, 6) is -1.26. The number of benzene rings is 2. The van der Waals surface area contributed by atoms with Gasteiger partial charge in [0.15, 0.2) is 0 Å². The first kappa shape index (κ1) is 23.2. The van der Waals surface area contributed by atoms with Gasteiger partial charge in [0.1, 0.15) is 11.6 Å². The molecule has 1 aliphatic carbocycles. The first-order valence-electron chi connectivity index (χ1n) is 12.0. The smallest absolute Gasteiger partial charge is 0.261 e. The van der Waals surface area contributed by atoms with Crippen molar-refractivity contribution in [2.24, 2.45) is 16.9 Å². The van der Waals surface area contributed by atoms with Crippen molar-refractivity contribution < 1.29 is 13.6 Å². The fourth-order valence-electron chi connectivity index (χ4n) is 5.21. The summed E-state index contributed by atoms with van der Waals surface area (Å²) >= 11 is 0. The van der Waals surface area contributed by atoms with Crippen LogP contribution in [0.5, 0.6) is 0 Å². The van der Waals surface area contributed by atoms with E-state index in [9.17, 15) is 18.4 Å². The molecule has 0 radical (unpaired) electrons. The van der Waals surface area contributed by atoms with Crippen molar-refractivity contribution in [2.75, 3.05) is 13.6 Å². The lowest BCUT2D eigenvalue weighted by Crippen LogP contribution is -2.38. The molecule has 8 heteroatoms. The summed E-state index contributed by atoms with van der Waals surface area (Å²) in [4.78, 5) is 27.1. The lowest BCUT2D eigenvalue weighted by Gasteiger charge is -2.35. The molecule has 5 rings (SSSR count). The van der Waals surface area contributed by atoms with Crippen LogP contribution in [0.15, 0.2) is 52.4 Å². The van der Waals surface area contributed by atoms with Gasteiger partial charge in [-0.05, 0) is 49.4 Å². The summed E-state index contributed by atoms with van der Waals surface area (Å²) in [6.45, 7) is 2.64. The summed E-state index contributed by atoms with van der Waals surface area (Å²) in [5.41, 5.74) is 0.980. The first-order chi connectivity index (χ1) is 16.8. The minimum Gasteiger partial charge on any atom is -0.345 e. The van der Waals surface area contributed by atoms with Crippen LogP contribution in [-0.4, -0.2) is 35.3 Å². The number of hydrogen-bond acceptors (Lipinski definition) is 4. The summed E-state index contributed by atoms with van der Waals surface area (Å²) < 4.78 is 30.4. The topological polar surface area (TPSA) is 66.7 Å². The second kappa shape index (κ2) is 9.24. The second-order valence-electron chi connectivity index (χ2n) is 9.60. The van der Waals surface area contributed by atoms with Crippen LogP contribution >= 0.6 is 0 Å². The first-order valence-corrected chi connectivity index (χ1v) is 12.0. The average Bonchev–Trinajstić information content (AvgIpc) is 3.19. The molecule has 0 bridgehead atoms. The molecule has 1 amide bonds. The van der Waals surface area contributed by atoms with Gasteiger partial charge in [0.05, 0.1) is 17.0 Å². The zero-order valence-corrected chi connectivity index (χ0v) is 19.8. The van der Waals surface area contributed by atoms with Crippen LogP contribution in [0.4, 0.5) is 8.78 Å². The summed E-state index contributed by atoms with van der Waals surface area (Å²) in [6, 6.07) is 10.3. The van der Waals surface area contributed by atoms with Crippen LogP contribution in [-0.2, 0) is 6.54 Å². The number of nitrogens with zero attached hydrogens (tertiary/aromatic N) is 3. The fourth-order valence-corrected chi connectivity index (χ4v) is 5.21. The molecule has 1 fully saturated rings. The van der Waals surface area contributed by atoms with Gasteiger partial charge in [-0.25, -0.2) is 8.78 Å². The van der Waals surface area contributed by atoms with E-state index in [2.05, 4.69) is 10.4 Å². The number of carbonyl (C=O) groups is 1. The van der Waals surface area contributed by atoms with E-state index in [1.165, 1.54) is 28.8 Å². The summed E-state index contributed by atoms with van der Waals surface area (Å²) in [6.07, 6.45) is 4.70. The van der Waals surface area contributed by atoms with Crippen LogP contribution < -0.4 is 10.9 Å². The van der Waals surface area contributed by atoms with Crippen molar-refractivity contribution in [3.63, 3.8) is 0 Å². The molecule has 1 saturated carbocycles. The standard InChI is InChI=1S/C27H28F2N4O2/c1-16-23(26(34)31-25(18-6-3-7-18)19-8-4-9-20(28)12-19)21-10-5-11-22(29)24(21)27(35)33(16)15-17-13-30-32(2)14-17/h4-5,8-13,17-18,25H,3,6-7,14-15H2,1-2H3,(H,31,34)/t17?,25-/m0/s1. The molecule has 0 saturated heterocycles. The van der Waals surface area contributed by atoms with Gasteiger partial charge in [-0.1, -0.05) is 30.7 Å². The molecule has 1 aromatic heterocycles. The Balaban J connectivity index is 1.59. The fraction of sp³-hybridized carbons (Fsp3) is 0.370. The van der Waals surface area contributed by atoms with E-state index >= 15 is 0 Å². The van der Waals surface area contributed by atoms with Crippen molar-refractivity contribution >= 4 is 22.9 Å². The van der Waals surface area contributed by atoms with Crippen LogP contribution in [0.1, 0.15) is 46.9 Å². The Bertz CT molecular complexity index is 1380. The number of rotatable bonds is 6. The van der Waals surface area contributed by atoms with Crippen LogP contribution in [0.25, 0.3) is 10.8 Å². The Morgan fingerprint density at radius 2 is 1.97 bits per heavy atom. The molecule has 2 atom stereocenters. The van der Waals surface area contributed by atoms with Crippen molar-refractivity contribution in [2.45, 2.75) is 38.8 Å². The molecule has 1 N–H and O–H groups in total. The third-order valence-corrected chi connectivity index (χ3v) is 7.24. The number of halogens is 2. The molecular weight excluding hydrogens is 450 g/mol. The van der Waals surface area contributed by atoms with Gasteiger partial charge in [-0.2, -0.15) is 5.10 Å². The van der Waals surface area contributed by atoms with Gasteiger partial charge in [0, 0.05) is 43.3 Å². The van der Waals surface area contributed by atoms with E-state index in [0.717, 1.165) is 19.3 Å². The van der Waals surface area contributed by atoms with Crippen molar-refractivity contribution in [3.05, 3.63) is 81.3 Å². The maximum Gasteiger partial charge on any atom is 0.261 e. The van der Waals surface area contributed by atoms with Gasteiger partial charge < -0.3 is 9.88 Å². The Hall–Kier alpha value is -3.55. The number of pyridine rings is 1. The molecule has 182 valence electrons. The zero-order valence-electron chi connectivity index (χ0n) is 19.8. The predicted octanol–water partition coefficient (Wildman–Crippen LogP) is 4.41. The molecule has 35 heavy (non-hydrogen) atoms. The van der Waals surface area contributed by atoms with Crippen LogP contribution in [0.2, 0.25) is 0 Å². The number of carbonyl (C=O) groups excluding carboxylic acids is 1. The molecule has 1 aliphatic heterocycles. The number of hydrazone groups is 1. The van der Waals surface area contributed by atoms with Crippen molar-refractivity contribution in [1.82, 2.24) is 14.9 Å². The molecule has 3 aromatic rings. The zero-order chi connectivity index (χ0) is 24.7. The molecule has 2 heterocycles. The highest BCUT2D eigenvalue weighted by molar-refractivity contribution is 6.08. The largest absolute Gasteiger partial charge is 0.345 e. The molecular formula is C27H28F2N4O2. The van der Waals surface area contributed by atoms with Crippen LogP contribution in [0, 0.1) is 30.4 Å². The minimum atomic E-state index is -0.659. The average molecular weight is 479 g/mol.